The summed E-state index contributed by atoms with van der Waals surface area (Å²) in [4.78, 5) is 0. The highest BCUT2D eigenvalue weighted by Gasteiger charge is 2.20. The first-order valence-corrected chi connectivity index (χ1v) is 7.73. The van der Waals surface area contributed by atoms with Crippen LogP contribution in [0, 0.1) is 0 Å². The third-order valence-corrected chi connectivity index (χ3v) is 4.55. The van der Waals surface area contributed by atoms with Gasteiger partial charge < -0.3 is 11.1 Å². The van der Waals surface area contributed by atoms with Gasteiger partial charge in [-0.05, 0) is 48.9 Å². The van der Waals surface area contributed by atoms with Crippen molar-refractivity contribution in [3.05, 3.63) is 48.0 Å². The number of hydrogen-bond acceptors (Lipinski definition) is 2. The predicted molar refractivity (Wildman–Crippen MR) is 85.7 cm³/mol. The Bertz CT molecular complexity index is 565. The van der Waals surface area contributed by atoms with Gasteiger partial charge in [-0.15, -0.1) is 0 Å². The van der Waals surface area contributed by atoms with Gasteiger partial charge in [0.1, 0.15) is 0 Å². The maximum Gasteiger partial charge on any atom is 0.0300 e. The summed E-state index contributed by atoms with van der Waals surface area (Å²) in [5.41, 5.74) is 7.39. The van der Waals surface area contributed by atoms with Crippen molar-refractivity contribution in [1.29, 1.82) is 0 Å². The highest BCUT2D eigenvalue weighted by molar-refractivity contribution is 5.86. The van der Waals surface area contributed by atoms with Crippen molar-refractivity contribution in [2.75, 3.05) is 0 Å². The molecule has 2 nitrogen and oxygen atoms in total. The summed E-state index contributed by atoms with van der Waals surface area (Å²) in [7, 11) is 0. The van der Waals surface area contributed by atoms with Crippen LogP contribution in [0.5, 0.6) is 0 Å². The molecule has 1 atom stereocenters. The van der Waals surface area contributed by atoms with Crippen molar-refractivity contribution in [3.63, 3.8) is 0 Å². The maximum absolute atomic E-state index is 5.99. The van der Waals surface area contributed by atoms with Crippen LogP contribution >= 0.6 is 0 Å². The van der Waals surface area contributed by atoms with Crippen LogP contribution in [-0.4, -0.2) is 12.1 Å². The van der Waals surface area contributed by atoms with Crippen LogP contribution in [0.2, 0.25) is 0 Å². The topological polar surface area (TPSA) is 38.0 Å². The molecule has 0 aromatic heterocycles. The lowest BCUT2D eigenvalue weighted by molar-refractivity contribution is 0.322. The zero-order chi connectivity index (χ0) is 13.9. The summed E-state index contributed by atoms with van der Waals surface area (Å²) in [6.45, 7) is 2.27. The smallest absolute Gasteiger partial charge is 0.0300 e. The van der Waals surface area contributed by atoms with Crippen LogP contribution in [0.4, 0.5) is 0 Å². The van der Waals surface area contributed by atoms with Crippen molar-refractivity contribution >= 4 is 10.8 Å². The fourth-order valence-corrected chi connectivity index (χ4v) is 3.36. The summed E-state index contributed by atoms with van der Waals surface area (Å²) in [5, 5.41) is 6.48. The largest absolute Gasteiger partial charge is 0.328 e. The van der Waals surface area contributed by atoms with Gasteiger partial charge in [-0.25, -0.2) is 0 Å². The van der Waals surface area contributed by atoms with Crippen LogP contribution in [0.25, 0.3) is 10.8 Å². The van der Waals surface area contributed by atoms with E-state index in [9.17, 15) is 0 Å². The van der Waals surface area contributed by atoms with Gasteiger partial charge in [-0.2, -0.15) is 0 Å². The summed E-state index contributed by atoms with van der Waals surface area (Å²) < 4.78 is 0. The van der Waals surface area contributed by atoms with E-state index in [2.05, 4.69) is 54.7 Å². The molecule has 20 heavy (non-hydrogen) atoms. The average Bonchev–Trinajstić information content (AvgIpc) is 2.49. The van der Waals surface area contributed by atoms with Crippen LogP contribution in [0.15, 0.2) is 42.5 Å². The van der Waals surface area contributed by atoms with Crippen LogP contribution in [0.1, 0.15) is 44.2 Å². The molecular weight excluding hydrogens is 244 g/mol. The summed E-state index contributed by atoms with van der Waals surface area (Å²) in [5.74, 6) is 0. The van der Waals surface area contributed by atoms with Gasteiger partial charge in [0.05, 0.1) is 0 Å². The van der Waals surface area contributed by atoms with E-state index in [1.807, 2.05) is 0 Å². The number of nitrogens with two attached hydrogens (primary N) is 1. The van der Waals surface area contributed by atoms with Gasteiger partial charge in [-0.3, -0.25) is 0 Å². The third-order valence-electron chi connectivity index (χ3n) is 4.55. The average molecular weight is 268 g/mol. The standard InChI is InChI=1S/C18H24N2/c1-13(20-16-11-9-15(19)10-12-16)17-8-4-6-14-5-2-3-7-18(14)17/h2-8,13,15-16,20H,9-12,19H2,1H3. The Morgan fingerprint density at radius 1 is 1.00 bits per heavy atom. The van der Waals surface area contributed by atoms with Gasteiger partial charge in [0.25, 0.3) is 0 Å². The lowest BCUT2D eigenvalue weighted by atomic mass is 9.90. The van der Waals surface area contributed by atoms with E-state index >= 15 is 0 Å². The Balaban J connectivity index is 1.77. The van der Waals surface area contributed by atoms with Crippen LogP contribution in [-0.2, 0) is 0 Å². The molecule has 0 amide bonds. The summed E-state index contributed by atoms with van der Waals surface area (Å²) in [6.07, 6.45) is 4.71. The molecule has 2 heteroatoms. The van der Waals surface area contributed by atoms with E-state index in [1.165, 1.54) is 29.2 Å². The van der Waals surface area contributed by atoms with E-state index in [4.69, 9.17) is 5.73 Å². The number of fused-ring (bicyclic) bond motifs is 1. The third kappa shape index (κ3) is 2.87. The van der Waals surface area contributed by atoms with Crippen molar-refractivity contribution in [3.8, 4) is 0 Å². The molecule has 2 aromatic carbocycles. The Labute approximate surface area is 121 Å². The zero-order valence-corrected chi connectivity index (χ0v) is 12.2. The first kappa shape index (κ1) is 13.6. The zero-order valence-electron chi connectivity index (χ0n) is 12.2. The molecule has 0 saturated heterocycles. The minimum Gasteiger partial charge on any atom is -0.328 e. The molecule has 1 aliphatic rings. The minimum atomic E-state index is 0.389. The molecule has 0 radical (unpaired) electrons. The Kier molecular flexibility index (Phi) is 4.04. The molecule has 3 rings (SSSR count). The van der Waals surface area contributed by atoms with Crippen molar-refractivity contribution < 1.29 is 0 Å². The lowest BCUT2D eigenvalue weighted by Gasteiger charge is -2.30. The van der Waals surface area contributed by atoms with Gasteiger partial charge in [-0.1, -0.05) is 42.5 Å². The molecule has 0 bridgehead atoms. The minimum absolute atomic E-state index is 0.389. The fraction of sp³-hybridized carbons (Fsp3) is 0.444. The number of hydrogen-bond donors (Lipinski definition) is 2. The molecule has 1 unspecified atom stereocenters. The molecule has 0 heterocycles. The fourth-order valence-electron chi connectivity index (χ4n) is 3.36. The molecule has 0 spiro atoms. The van der Waals surface area contributed by atoms with Crippen LogP contribution < -0.4 is 11.1 Å². The van der Waals surface area contributed by atoms with E-state index in [0.29, 0.717) is 18.1 Å². The lowest BCUT2D eigenvalue weighted by Crippen LogP contribution is -2.38. The SMILES string of the molecule is CC(NC1CCC(N)CC1)c1cccc2ccccc12. The Hall–Kier alpha value is -1.38. The highest BCUT2D eigenvalue weighted by Crippen LogP contribution is 2.26. The van der Waals surface area contributed by atoms with E-state index in [1.54, 1.807) is 0 Å². The molecule has 3 N–H and O–H groups in total. The maximum atomic E-state index is 5.99. The second kappa shape index (κ2) is 5.94. The molecule has 2 aromatic rings. The van der Waals surface area contributed by atoms with Gasteiger partial charge >= 0.3 is 0 Å². The van der Waals surface area contributed by atoms with E-state index in [0.717, 1.165) is 12.8 Å². The Morgan fingerprint density at radius 2 is 1.70 bits per heavy atom. The van der Waals surface area contributed by atoms with Crippen molar-refractivity contribution in [2.45, 2.75) is 50.7 Å². The van der Waals surface area contributed by atoms with Crippen molar-refractivity contribution in [1.82, 2.24) is 5.32 Å². The first-order chi connectivity index (χ1) is 9.74. The second-order valence-electron chi connectivity index (χ2n) is 6.07. The molecule has 106 valence electrons. The van der Waals surface area contributed by atoms with Crippen molar-refractivity contribution in [2.24, 2.45) is 5.73 Å². The summed E-state index contributed by atoms with van der Waals surface area (Å²) in [6, 6.07) is 16.6. The second-order valence-corrected chi connectivity index (χ2v) is 6.07. The molecule has 0 aliphatic heterocycles. The van der Waals surface area contributed by atoms with Gasteiger partial charge in [0.15, 0.2) is 0 Å². The quantitative estimate of drug-likeness (QED) is 0.889. The normalized spacial score (nSPS) is 24.7. The first-order valence-electron chi connectivity index (χ1n) is 7.73. The number of benzene rings is 2. The predicted octanol–water partition coefficient (Wildman–Crippen LogP) is 3.76. The number of rotatable bonds is 3. The van der Waals surface area contributed by atoms with Gasteiger partial charge in [0.2, 0.25) is 0 Å². The molecule has 1 fully saturated rings. The monoisotopic (exact) mass is 268 g/mol. The molecule has 1 aliphatic carbocycles. The van der Waals surface area contributed by atoms with E-state index < -0.39 is 0 Å². The summed E-state index contributed by atoms with van der Waals surface area (Å²) >= 11 is 0. The highest BCUT2D eigenvalue weighted by atomic mass is 14.9. The van der Waals surface area contributed by atoms with Crippen LogP contribution in [0.3, 0.4) is 0 Å². The molecule has 1 saturated carbocycles. The Morgan fingerprint density at radius 3 is 2.50 bits per heavy atom. The number of nitrogens with one attached hydrogen (secondary N) is 1. The molecular formula is C18H24N2. The van der Waals surface area contributed by atoms with E-state index in [-0.39, 0.29) is 0 Å². The van der Waals surface area contributed by atoms with Gasteiger partial charge in [0, 0.05) is 18.1 Å².